The van der Waals surface area contributed by atoms with Crippen LogP contribution in [0.1, 0.15) is 22.3 Å². The van der Waals surface area contributed by atoms with E-state index in [4.69, 9.17) is 9.47 Å². The maximum absolute atomic E-state index is 12.5. The van der Waals surface area contributed by atoms with Gasteiger partial charge in [0.25, 0.3) is 0 Å². The van der Waals surface area contributed by atoms with Gasteiger partial charge < -0.3 is 14.4 Å². The lowest BCUT2D eigenvalue weighted by Crippen LogP contribution is -2.47. The van der Waals surface area contributed by atoms with Crippen molar-refractivity contribution in [3.05, 3.63) is 64.7 Å². The number of nitrogens with zero attached hydrogens (tertiary/aromatic N) is 2. The summed E-state index contributed by atoms with van der Waals surface area (Å²) < 4.78 is 10.8. The number of hydrogen-bond acceptors (Lipinski definition) is 4. The fraction of sp³-hybridized carbons (Fsp3) is 0.375. The van der Waals surface area contributed by atoms with Gasteiger partial charge in [-0.15, -0.1) is 0 Å². The summed E-state index contributed by atoms with van der Waals surface area (Å²) in [4.78, 5) is 16.8. The second kappa shape index (κ2) is 9.61. The van der Waals surface area contributed by atoms with E-state index in [-0.39, 0.29) is 5.91 Å². The van der Waals surface area contributed by atoms with Crippen LogP contribution in [0.4, 0.5) is 0 Å². The van der Waals surface area contributed by atoms with E-state index in [1.165, 1.54) is 16.7 Å². The van der Waals surface area contributed by atoms with Crippen molar-refractivity contribution >= 4 is 12.0 Å². The number of methoxy groups -OCH3 is 2. The molecule has 0 radical (unpaired) electrons. The first-order valence-electron chi connectivity index (χ1n) is 9.98. The van der Waals surface area contributed by atoms with Gasteiger partial charge in [0.15, 0.2) is 11.5 Å². The third kappa shape index (κ3) is 5.18. The Morgan fingerprint density at radius 1 is 0.966 bits per heavy atom. The van der Waals surface area contributed by atoms with Crippen LogP contribution in [0.15, 0.2) is 42.5 Å². The highest BCUT2D eigenvalue weighted by Gasteiger charge is 2.20. The first kappa shape index (κ1) is 20.9. The van der Waals surface area contributed by atoms with Gasteiger partial charge in [0.1, 0.15) is 0 Å². The normalized spacial score (nSPS) is 15.0. The van der Waals surface area contributed by atoms with E-state index in [9.17, 15) is 4.79 Å². The van der Waals surface area contributed by atoms with Crippen molar-refractivity contribution in [3.63, 3.8) is 0 Å². The van der Waals surface area contributed by atoms with Gasteiger partial charge in [-0.3, -0.25) is 9.69 Å². The molecule has 1 heterocycles. The van der Waals surface area contributed by atoms with Crippen molar-refractivity contribution in [2.24, 2.45) is 0 Å². The van der Waals surface area contributed by atoms with Crippen LogP contribution in [0.25, 0.3) is 6.08 Å². The second-order valence-electron chi connectivity index (χ2n) is 7.43. The Morgan fingerprint density at radius 3 is 2.28 bits per heavy atom. The number of hydrogen-bond donors (Lipinski definition) is 0. The average molecular weight is 395 g/mol. The van der Waals surface area contributed by atoms with Gasteiger partial charge in [0.05, 0.1) is 14.2 Å². The van der Waals surface area contributed by atoms with Gasteiger partial charge in [0, 0.05) is 38.8 Å². The molecule has 154 valence electrons. The molecule has 1 fully saturated rings. The smallest absolute Gasteiger partial charge is 0.246 e. The number of ether oxygens (including phenoxy) is 2. The predicted molar refractivity (Wildman–Crippen MR) is 116 cm³/mol. The highest BCUT2D eigenvalue weighted by Crippen LogP contribution is 2.31. The Bertz CT molecular complexity index is 884. The van der Waals surface area contributed by atoms with Crippen LogP contribution in [0.2, 0.25) is 0 Å². The second-order valence-corrected chi connectivity index (χ2v) is 7.43. The Hall–Kier alpha value is -2.79. The van der Waals surface area contributed by atoms with E-state index < -0.39 is 0 Å². The average Bonchev–Trinajstić information content (AvgIpc) is 2.74. The van der Waals surface area contributed by atoms with Crippen LogP contribution in [0, 0.1) is 13.8 Å². The Labute approximate surface area is 173 Å². The molecule has 0 spiro atoms. The molecule has 0 aliphatic carbocycles. The quantitative estimate of drug-likeness (QED) is 0.701. The standard InChI is InChI=1S/C24H30N2O3/c1-18-7-5-6-8-20(18)9-10-24(27)26-13-11-25(12-14-26)17-21-16-23(29-4)22(28-3)15-19(21)2/h5-10,15-16H,11-14,17H2,1-4H3. The van der Waals surface area contributed by atoms with Crippen LogP contribution in [0.5, 0.6) is 11.5 Å². The molecular weight excluding hydrogens is 364 g/mol. The predicted octanol–water partition coefficient (Wildman–Crippen LogP) is 3.68. The van der Waals surface area contributed by atoms with Gasteiger partial charge in [-0.1, -0.05) is 24.3 Å². The van der Waals surface area contributed by atoms with E-state index in [1.54, 1.807) is 20.3 Å². The van der Waals surface area contributed by atoms with E-state index in [0.717, 1.165) is 49.8 Å². The van der Waals surface area contributed by atoms with Crippen LogP contribution in [-0.4, -0.2) is 56.1 Å². The fourth-order valence-corrected chi connectivity index (χ4v) is 3.60. The van der Waals surface area contributed by atoms with Crippen molar-refractivity contribution in [2.75, 3.05) is 40.4 Å². The molecule has 5 heteroatoms. The maximum Gasteiger partial charge on any atom is 0.246 e. The summed E-state index contributed by atoms with van der Waals surface area (Å²) in [5, 5.41) is 0. The van der Waals surface area contributed by atoms with Crippen molar-refractivity contribution in [1.29, 1.82) is 0 Å². The van der Waals surface area contributed by atoms with Crippen LogP contribution >= 0.6 is 0 Å². The largest absolute Gasteiger partial charge is 0.493 e. The molecule has 1 amide bonds. The zero-order valence-electron chi connectivity index (χ0n) is 17.8. The molecule has 0 unspecified atom stereocenters. The summed E-state index contributed by atoms with van der Waals surface area (Å²) in [6, 6.07) is 12.2. The molecule has 1 aliphatic heterocycles. The van der Waals surface area contributed by atoms with E-state index in [0.29, 0.717) is 0 Å². The van der Waals surface area contributed by atoms with Crippen molar-refractivity contribution in [1.82, 2.24) is 9.80 Å². The maximum atomic E-state index is 12.5. The summed E-state index contributed by atoms with van der Waals surface area (Å²) in [6.07, 6.45) is 3.60. The molecule has 5 nitrogen and oxygen atoms in total. The highest BCUT2D eigenvalue weighted by molar-refractivity contribution is 5.92. The van der Waals surface area contributed by atoms with Gasteiger partial charge in [-0.2, -0.15) is 0 Å². The molecule has 0 atom stereocenters. The lowest BCUT2D eigenvalue weighted by Gasteiger charge is -2.34. The minimum absolute atomic E-state index is 0.0789. The molecule has 0 bridgehead atoms. The van der Waals surface area contributed by atoms with Crippen LogP contribution in [-0.2, 0) is 11.3 Å². The lowest BCUT2D eigenvalue weighted by atomic mass is 10.1. The van der Waals surface area contributed by atoms with Gasteiger partial charge >= 0.3 is 0 Å². The summed E-state index contributed by atoms with van der Waals surface area (Å²) in [6.45, 7) is 8.18. The van der Waals surface area contributed by atoms with Gasteiger partial charge in [-0.05, 0) is 54.3 Å². The Balaban J connectivity index is 1.57. The topological polar surface area (TPSA) is 42.0 Å². The van der Waals surface area contributed by atoms with E-state index in [2.05, 4.69) is 30.9 Å². The van der Waals surface area contributed by atoms with E-state index in [1.807, 2.05) is 35.2 Å². The molecule has 1 saturated heterocycles. The van der Waals surface area contributed by atoms with Crippen LogP contribution < -0.4 is 9.47 Å². The highest BCUT2D eigenvalue weighted by atomic mass is 16.5. The number of carbonyl (C=O) groups is 1. The van der Waals surface area contributed by atoms with Crippen LogP contribution in [0.3, 0.4) is 0 Å². The minimum Gasteiger partial charge on any atom is -0.493 e. The first-order valence-corrected chi connectivity index (χ1v) is 9.98. The Kier molecular flexibility index (Phi) is 6.94. The molecule has 2 aromatic rings. The molecule has 0 saturated carbocycles. The molecule has 29 heavy (non-hydrogen) atoms. The number of rotatable bonds is 6. The molecule has 1 aliphatic rings. The SMILES string of the molecule is COc1cc(C)c(CN2CCN(C(=O)C=Cc3ccccc3C)CC2)cc1OC. The summed E-state index contributed by atoms with van der Waals surface area (Å²) in [5.74, 6) is 1.59. The third-order valence-electron chi connectivity index (χ3n) is 5.51. The summed E-state index contributed by atoms with van der Waals surface area (Å²) in [5.41, 5.74) is 4.67. The van der Waals surface area contributed by atoms with Crippen molar-refractivity contribution in [3.8, 4) is 11.5 Å². The molecular formula is C24H30N2O3. The van der Waals surface area contributed by atoms with Gasteiger partial charge in [0.2, 0.25) is 5.91 Å². The molecule has 3 rings (SSSR count). The number of benzene rings is 2. The number of amides is 1. The molecule has 0 N–H and O–H groups in total. The number of carbonyl (C=O) groups excluding carboxylic acids is 1. The van der Waals surface area contributed by atoms with Gasteiger partial charge in [-0.25, -0.2) is 0 Å². The van der Waals surface area contributed by atoms with Crippen molar-refractivity contribution < 1.29 is 14.3 Å². The summed E-state index contributed by atoms with van der Waals surface area (Å²) >= 11 is 0. The Morgan fingerprint density at radius 2 is 1.62 bits per heavy atom. The molecule has 2 aromatic carbocycles. The monoisotopic (exact) mass is 394 g/mol. The van der Waals surface area contributed by atoms with Crippen molar-refractivity contribution in [2.45, 2.75) is 20.4 Å². The minimum atomic E-state index is 0.0789. The zero-order chi connectivity index (χ0) is 20.8. The molecule has 0 aromatic heterocycles. The third-order valence-corrected chi connectivity index (χ3v) is 5.51. The summed E-state index contributed by atoms with van der Waals surface area (Å²) in [7, 11) is 3.31. The fourth-order valence-electron chi connectivity index (χ4n) is 3.60. The zero-order valence-corrected chi connectivity index (χ0v) is 17.8. The number of aryl methyl sites for hydroxylation is 2. The van der Waals surface area contributed by atoms with E-state index >= 15 is 0 Å². The number of piperazine rings is 1. The first-order chi connectivity index (χ1) is 14.0. The lowest BCUT2D eigenvalue weighted by molar-refractivity contribution is -0.127.